The first-order valence-electron chi connectivity index (χ1n) is 9.51. The molecule has 1 aromatic heterocycles. The van der Waals surface area contributed by atoms with Gasteiger partial charge in [0.2, 0.25) is 5.91 Å². The van der Waals surface area contributed by atoms with E-state index in [0.717, 1.165) is 25.2 Å². The summed E-state index contributed by atoms with van der Waals surface area (Å²) in [6, 6.07) is 18.1. The van der Waals surface area contributed by atoms with Crippen molar-refractivity contribution in [2.24, 2.45) is 0 Å². The lowest BCUT2D eigenvalue weighted by Crippen LogP contribution is -2.24. The van der Waals surface area contributed by atoms with Crippen molar-refractivity contribution in [1.82, 2.24) is 10.3 Å². The van der Waals surface area contributed by atoms with E-state index in [0.29, 0.717) is 10.8 Å². The van der Waals surface area contributed by atoms with E-state index in [2.05, 4.69) is 27.8 Å². The van der Waals surface area contributed by atoms with Crippen LogP contribution in [0, 0.1) is 0 Å². The van der Waals surface area contributed by atoms with Crippen LogP contribution in [-0.2, 0) is 22.4 Å². The number of nitrogen functional groups attached to an aromatic ring is 1. The molecule has 0 aliphatic heterocycles. The van der Waals surface area contributed by atoms with Gasteiger partial charge in [-0.1, -0.05) is 42.5 Å². The molecular formula is C22H26N4O2S. The standard InChI is InChI=1S/C22H26N4O2S/c1-28-20(17-5-3-2-4-6-17)14-24-12-11-16-7-9-18(10-8-16)25-21(27)13-19-15-29-22(23)26-19/h2-10,15,20,24H,11-14H2,1H3,(H2,23,26)(H,25,27). The minimum atomic E-state index is -0.101. The molecule has 0 radical (unpaired) electrons. The third-order valence-electron chi connectivity index (χ3n) is 4.52. The highest BCUT2D eigenvalue weighted by Gasteiger charge is 2.09. The minimum absolute atomic E-state index is 0.0434. The number of carbonyl (C=O) groups is 1. The number of nitrogens with zero attached hydrogens (tertiary/aromatic N) is 1. The Morgan fingerprint density at radius 3 is 2.59 bits per heavy atom. The third kappa shape index (κ3) is 6.67. The number of amides is 1. The molecule has 1 heterocycles. The number of aromatic nitrogens is 1. The van der Waals surface area contributed by atoms with Crippen molar-refractivity contribution in [1.29, 1.82) is 0 Å². The number of methoxy groups -OCH3 is 1. The molecular weight excluding hydrogens is 384 g/mol. The summed E-state index contributed by atoms with van der Waals surface area (Å²) in [5.41, 5.74) is 9.43. The molecule has 1 amide bonds. The van der Waals surface area contributed by atoms with Crippen molar-refractivity contribution < 1.29 is 9.53 Å². The topological polar surface area (TPSA) is 89.3 Å². The monoisotopic (exact) mass is 410 g/mol. The van der Waals surface area contributed by atoms with E-state index in [9.17, 15) is 4.79 Å². The average Bonchev–Trinajstić information content (AvgIpc) is 3.14. The SMILES string of the molecule is COC(CNCCc1ccc(NC(=O)Cc2csc(N)n2)cc1)c1ccccc1. The van der Waals surface area contributed by atoms with E-state index < -0.39 is 0 Å². The largest absolute Gasteiger partial charge is 0.375 e. The normalized spacial score (nSPS) is 11.9. The summed E-state index contributed by atoms with van der Waals surface area (Å²) < 4.78 is 5.57. The van der Waals surface area contributed by atoms with Crippen molar-refractivity contribution in [2.75, 3.05) is 31.2 Å². The van der Waals surface area contributed by atoms with Crippen LogP contribution >= 0.6 is 11.3 Å². The van der Waals surface area contributed by atoms with Gasteiger partial charge in [-0.25, -0.2) is 4.98 Å². The van der Waals surface area contributed by atoms with Crippen LogP contribution in [0.25, 0.3) is 0 Å². The third-order valence-corrected chi connectivity index (χ3v) is 5.25. The summed E-state index contributed by atoms with van der Waals surface area (Å²) in [5.74, 6) is -0.101. The lowest BCUT2D eigenvalue weighted by molar-refractivity contribution is -0.115. The summed E-state index contributed by atoms with van der Waals surface area (Å²) in [4.78, 5) is 16.2. The molecule has 29 heavy (non-hydrogen) atoms. The summed E-state index contributed by atoms with van der Waals surface area (Å²) in [6.07, 6.45) is 1.17. The number of thiazole rings is 1. The second-order valence-corrected chi connectivity index (χ2v) is 7.58. The molecule has 0 fully saturated rings. The Morgan fingerprint density at radius 1 is 1.17 bits per heavy atom. The van der Waals surface area contributed by atoms with E-state index >= 15 is 0 Å². The van der Waals surface area contributed by atoms with Crippen molar-refractivity contribution in [3.05, 3.63) is 76.8 Å². The van der Waals surface area contributed by atoms with Gasteiger partial charge >= 0.3 is 0 Å². The predicted molar refractivity (Wildman–Crippen MR) is 118 cm³/mol. The lowest BCUT2D eigenvalue weighted by Gasteiger charge is -2.16. The first-order chi connectivity index (χ1) is 14.1. The van der Waals surface area contributed by atoms with Gasteiger partial charge in [0, 0.05) is 24.7 Å². The predicted octanol–water partition coefficient (Wildman–Crippen LogP) is 3.43. The Kier molecular flexibility index (Phi) is 7.75. The van der Waals surface area contributed by atoms with Gasteiger partial charge in [-0.2, -0.15) is 0 Å². The Morgan fingerprint density at radius 2 is 1.93 bits per heavy atom. The summed E-state index contributed by atoms with van der Waals surface area (Å²) in [7, 11) is 1.73. The molecule has 3 aromatic rings. The Labute approximate surface area is 175 Å². The van der Waals surface area contributed by atoms with E-state index in [1.54, 1.807) is 12.5 Å². The number of nitrogens with two attached hydrogens (primary N) is 1. The summed E-state index contributed by atoms with van der Waals surface area (Å²) in [5, 5.41) is 8.62. The maximum absolute atomic E-state index is 12.1. The first kappa shape index (κ1) is 21.0. The highest BCUT2D eigenvalue weighted by Crippen LogP contribution is 2.16. The highest BCUT2D eigenvalue weighted by molar-refractivity contribution is 7.13. The fraction of sp³-hybridized carbons (Fsp3) is 0.273. The number of hydrogen-bond donors (Lipinski definition) is 3. The molecule has 0 saturated heterocycles. The van der Waals surface area contributed by atoms with Crippen LogP contribution < -0.4 is 16.4 Å². The van der Waals surface area contributed by atoms with Gasteiger partial charge in [0.25, 0.3) is 0 Å². The minimum Gasteiger partial charge on any atom is -0.375 e. The zero-order valence-corrected chi connectivity index (χ0v) is 17.2. The van der Waals surface area contributed by atoms with Crippen LogP contribution in [0.2, 0.25) is 0 Å². The molecule has 152 valence electrons. The van der Waals surface area contributed by atoms with Crippen LogP contribution in [0.1, 0.15) is 22.9 Å². The average molecular weight is 411 g/mol. The second kappa shape index (κ2) is 10.7. The Bertz CT molecular complexity index is 897. The first-order valence-corrected chi connectivity index (χ1v) is 10.4. The molecule has 0 saturated carbocycles. The van der Waals surface area contributed by atoms with Crippen LogP contribution in [0.4, 0.5) is 10.8 Å². The molecule has 0 aliphatic carbocycles. The number of hydrogen-bond acceptors (Lipinski definition) is 6. The van der Waals surface area contributed by atoms with Crippen LogP contribution in [0.15, 0.2) is 60.0 Å². The molecule has 1 unspecified atom stereocenters. The lowest BCUT2D eigenvalue weighted by atomic mass is 10.1. The van der Waals surface area contributed by atoms with Crippen molar-refractivity contribution >= 4 is 28.1 Å². The molecule has 6 nitrogen and oxygen atoms in total. The highest BCUT2D eigenvalue weighted by atomic mass is 32.1. The summed E-state index contributed by atoms with van der Waals surface area (Å²) >= 11 is 1.34. The van der Waals surface area contributed by atoms with Gasteiger partial charge in [0.05, 0.1) is 18.2 Å². The number of nitrogens with one attached hydrogen (secondary N) is 2. The van der Waals surface area contributed by atoms with Crippen molar-refractivity contribution in [2.45, 2.75) is 18.9 Å². The smallest absolute Gasteiger partial charge is 0.230 e. The van der Waals surface area contributed by atoms with E-state index in [1.807, 2.05) is 42.5 Å². The molecule has 7 heteroatoms. The number of benzene rings is 2. The molecule has 1 atom stereocenters. The molecule has 0 aliphatic rings. The second-order valence-electron chi connectivity index (χ2n) is 6.69. The Balaban J connectivity index is 1.40. The van der Waals surface area contributed by atoms with Crippen molar-refractivity contribution in [3.63, 3.8) is 0 Å². The zero-order valence-electron chi connectivity index (χ0n) is 16.4. The van der Waals surface area contributed by atoms with E-state index in [4.69, 9.17) is 10.5 Å². The van der Waals surface area contributed by atoms with Gasteiger partial charge in [0.1, 0.15) is 0 Å². The Hall–Kier alpha value is -2.74. The number of carbonyl (C=O) groups excluding carboxylic acids is 1. The van der Waals surface area contributed by atoms with Gasteiger partial charge in [0.15, 0.2) is 5.13 Å². The fourth-order valence-corrected chi connectivity index (χ4v) is 3.56. The molecule has 3 rings (SSSR count). The quantitative estimate of drug-likeness (QED) is 0.446. The number of anilines is 2. The number of ether oxygens (including phenoxy) is 1. The van der Waals surface area contributed by atoms with Crippen LogP contribution in [0.5, 0.6) is 0 Å². The van der Waals surface area contributed by atoms with Gasteiger partial charge < -0.3 is 21.1 Å². The summed E-state index contributed by atoms with van der Waals surface area (Å²) in [6.45, 7) is 1.61. The maximum atomic E-state index is 12.1. The molecule has 4 N–H and O–H groups in total. The fourth-order valence-electron chi connectivity index (χ4n) is 3.00. The van der Waals surface area contributed by atoms with E-state index in [1.165, 1.54) is 22.5 Å². The van der Waals surface area contributed by atoms with Gasteiger partial charge in [-0.05, 0) is 36.2 Å². The zero-order chi connectivity index (χ0) is 20.5. The van der Waals surface area contributed by atoms with Crippen molar-refractivity contribution in [3.8, 4) is 0 Å². The van der Waals surface area contributed by atoms with Gasteiger partial charge in [-0.3, -0.25) is 4.79 Å². The maximum Gasteiger partial charge on any atom is 0.230 e. The molecule has 0 bridgehead atoms. The van der Waals surface area contributed by atoms with Crippen LogP contribution in [-0.4, -0.2) is 31.1 Å². The van der Waals surface area contributed by atoms with Crippen LogP contribution in [0.3, 0.4) is 0 Å². The molecule has 0 spiro atoms. The molecule has 2 aromatic carbocycles. The number of rotatable bonds is 10. The van der Waals surface area contributed by atoms with Gasteiger partial charge in [-0.15, -0.1) is 11.3 Å². The van der Waals surface area contributed by atoms with E-state index in [-0.39, 0.29) is 18.4 Å².